The van der Waals surface area contributed by atoms with Gasteiger partial charge >= 0.3 is 5.97 Å². The lowest BCUT2D eigenvalue weighted by Crippen LogP contribution is -2.46. The maximum atomic E-state index is 11.8. The number of hydrogen-bond acceptors (Lipinski definition) is 3. The van der Waals surface area contributed by atoms with Crippen molar-refractivity contribution in [3.63, 3.8) is 0 Å². The molecule has 0 bridgehead atoms. The van der Waals surface area contributed by atoms with Gasteiger partial charge in [-0.05, 0) is 61.0 Å². The number of halogens is 1. The lowest BCUT2D eigenvalue weighted by molar-refractivity contribution is -0.145. The first kappa shape index (κ1) is 18.3. The molecule has 1 fully saturated rings. The summed E-state index contributed by atoms with van der Waals surface area (Å²) in [5.41, 5.74) is 2.14. The van der Waals surface area contributed by atoms with Gasteiger partial charge in [0.1, 0.15) is 6.04 Å². The molecule has 2 unspecified atom stereocenters. The molecule has 1 aliphatic heterocycles. The van der Waals surface area contributed by atoms with Crippen LogP contribution in [0.1, 0.15) is 36.4 Å². The third kappa shape index (κ3) is 4.20. The first-order chi connectivity index (χ1) is 12.1. The minimum Gasteiger partial charge on any atom is -0.480 e. The van der Waals surface area contributed by atoms with Crippen LogP contribution in [0, 0.1) is 0 Å². The monoisotopic (exact) mass is 375 g/mol. The van der Waals surface area contributed by atoms with E-state index in [2.05, 4.69) is 35.4 Å². The fourth-order valence-electron chi connectivity index (χ4n) is 3.57. The molecule has 0 saturated carbocycles. The number of carboxylic acid groups (broad SMARTS) is 1. The molecule has 0 aromatic heterocycles. The fraction of sp³-hybridized carbons (Fsp3) is 0.350. The number of rotatable bonds is 5. The van der Waals surface area contributed by atoms with E-state index in [9.17, 15) is 9.90 Å². The standard InChI is InChI=1S/C20H22ClNO2S/c1-25-17-10-8-14(9-11-17)19(15-5-4-6-16(21)13-15)22-12-3-2-7-18(22)20(23)24/h4-6,8-11,13,18-19H,2-3,7,12H2,1H3,(H,23,24). The van der Waals surface area contributed by atoms with Crippen LogP contribution >= 0.6 is 23.4 Å². The Hall–Kier alpha value is -1.49. The Kier molecular flexibility index (Phi) is 6.05. The molecule has 2 atom stereocenters. The number of carbonyl (C=O) groups is 1. The van der Waals surface area contributed by atoms with Crippen LogP contribution in [0.15, 0.2) is 53.4 Å². The van der Waals surface area contributed by atoms with E-state index < -0.39 is 12.0 Å². The molecule has 5 heteroatoms. The van der Waals surface area contributed by atoms with Crippen LogP contribution in [0.25, 0.3) is 0 Å². The number of piperidine rings is 1. The fourth-order valence-corrected chi connectivity index (χ4v) is 4.17. The zero-order valence-electron chi connectivity index (χ0n) is 14.2. The van der Waals surface area contributed by atoms with Gasteiger partial charge in [-0.25, -0.2) is 0 Å². The molecule has 1 heterocycles. The molecule has 0 spiro atoms. The van der Waals surface area contributed by atoms with Crippen molar-refractivity contribution >= 4 is 29.3 Å². The summed E-state index contributed by atoms with van der Waals surface area (Å²) in [6.07, 6.45) is 4.72. The van der Waals surface area contributed by atoms with Crippen LogP contribution < -0.4 is 0 Å². The number of thioether (sulfide) groups is 1. The molecule has 3 nitrogen and oxygen atoms in total. The normalized spacial score (nSPS) is 19.5. The Bertz CT molecular complexity index is 735. The van der Waals surface area contributed by atoms with Crippen molar-refractivity contribution in [2.45, 2.75) is 36.2 Å². The van der Waals surface area contributed by atoms with Gasteiger partial charge in [0.2, 0.25) is 0 Å². The van der Waals surface area contributed by atoms with E-state index in [1.165, 1.54) is 4.90 Å². The minimum atomic E-state index is -0.743. The van der Waals surface area contributed by atoms with Crippen LogP contribution in [-0.2, 0) is 4.79 Å². The summed E-state index contributed by atoms with van der Waals surface area (Å²) in [6.45, 7) is 0.776. The number of nitrogens with zero attached hydrogens (tertiary/aromatic N) is 1. The van der Waals surface area contributed by atoms with Crippen molar-refractivity contribution in [1.29, 1.82) is 0 Å². The number of hydrogen-bond donors (Lipinski definition) is 1. The van der Waals surface area contributed by atoms with Crippen LogP contribution in [0.5, 0.6) is 0 Å². The van der Waals surface area contributed by atoms with Crippen molar-refractivity contribution < 1.29 is 9.90 Å². The van der Waals surface area contributed by atoms with Crippen molar-refractivity contribution in [1.82, 2.24) is 4.90 Å². The molecule has 1 aliphatic rings. The largest absolute Gasteiger partial charge is 0.480 e. The number of benzene rings is 2. The smallest absolute Gasteiger partial charge is 0.320 e. The van der Waals surface area contributed by atoms with E-state index in [-0.39, 0.29) is 6.04 Å². The maximum absolute atomic E-state index is 11.8. The molecule has 0 amide bonds. The van der Waals surface area contributed by atoms with Gasteiger partial charge in [-0.3, -0.25) is 9.69 Å². The summed E-state index contributed by atoms with van der Waals surface area (Å²) in [7, 11) is 0. The van der Waals surface area contributed by atoms with E-state index in [1.54, 1.807) is 11.8 Å². The minimum absolute atomic E-state index is 0.101. The van der Waals surface area contributed by atoms with E-state index in [1.807, 2.05) is 24.3 Å². The quantitative estimate of drug-likeness (QED) is 0.739. The average molecular weight is 376 g/mol. The van der Waals surface area contributed by atoms with Crippen LogP contribution in [0.3, 0.4) is 0 Å². The van der Waals surface area contributed by atoms with E-state index >= 15 is 0 Å². The van der Waals surface area contributed by atoms with Crippen LogP contribution in [-0.4, -0.2) is 34.8 Å². The highest BCUT2D eigenvalue weighted by atomic mass is 35.5. The summed E-state index contributed by atoms with van der Waals surface area (Å²) < 4.78 is 0. The lowest BCUT2D eigenvalue weighted by Gasteiger charge is -2.39. The zero-order chi connectivity index (χ0) is 17.8. The highest BCUT2D eigenvalue weighted by Gasteiger charge is 2.35. The number of carboxylic acids is 1. The topological polar surface area (TPSA) is 40.5 Å². The summed E-state index contributed by atoms with van der Waals surface area (Å²) in [5, 5.41) is 10.4. The molecule has 0 radical (unpaired) electrons. The van der Waals surface area contributed by atoms with Crippen LogP contribution in [0.2, 0.25) is 5.02 Å². The molecule has 25 heavy (non-hydrogen) atoms. The van der Waals surface area contributed by atoms with Gasteiger partial charge in [0.05, 0.1) is 6.04 Å². The third-order valence-electron chi connectivity index (χ3n) is 4.76. The second kappa shape index (κ2) is 8.26. The van der Waals surface area contributed by atoms with Crippen molar-refractivity contribution in [3.05, 3.63) is 64.7 Å². The molecule has 0 aliphatic carbocycles. The lowest BCUT2D eigenvalue weighted by atomic mass is 9.92. The van der Waals surface area contributed by atoms with E-state index in [0.717, 1.165) is 30.5 Å². The van der Waals surface area contributed by atoms with Gasteiger partial charge in [0.15, 0.2) is 0 Å². The number of likely N-dealkylation sites (tertiary alicyclic amines) is 1. The van der Waals surface area contributed by atoms with Gasteiger partial charge in [-0.1, -0.05) is 42.3 Å². The molecule has 132 valence electrons. The summed E-state index contributed by atoms with van der Waals surface area (Å²) in [5.74, 6) is -0.743. The Morgan fingerprint density at radius 2 is 1.96 bits per heavy atom. The molecule has 1 saturated heterocycles. The van der Waals surface area contributed by atoms with E-state index in [0.29, 0.717) is 11.4 Å². The van der Waals surface area contributed by atoms with Crippen molar-refractivity contribution in [3.8, 4) is 0 Å². The molecule has 2 aromatic carbocycles. The highest BCUT2D eigenvalue weighted by Crippen LogP contribution is 2.35. The highest BCUT2D eigenvalue weighted by molar-refractivity contribution is 7.98. The van der Waals surface area contributed by atoms with Gasteiger partial charge in [0.25, 0.3) is 0 Å². The van der Waals surface area contributed by atoms with Gasteiger partial charge in [0, 0.05) is 9.92 Å². The predicted molar refractivity (Wildman–Crippen MR) is 103 cm³/mol. The average Bonchev–Trinajstić information content (AvgIpc) is 2.63. The second-order valence-electron chi connectivity index (χ2n) is 6.32. The van der Waals surface area contributed by atoms with Gasteiger partial charge in [-0.2, -0.15) is 0 Å². The van der Waals surface area contributed by atoms with Crippen molar-refractivity contribution in [2.75, 3.05) is 12.8 Å². The van der Waals surface area contributed by atoms with Crippen LogP contribution in [0.4, 0.5) is 0 Å². The van der Waals surface area contributed by atoms with Gasteiger partial charge < -0.3 is 5.11 Å². The summed E-state index contributed by atoms with van der Waals surface area (Å²) >= 11 is 7.92. The SMILES string of the molecule is CSc1ccc(C(c2cccc(Cl)c2)N2CCCCC2C(=O)O)cc1. The third-order valence-corrected chi connectivity index (χ3v) is 5.74. The van der Waals surface area contributed by atoms with Gasteiger partial charge in [-0.15, -0.1) is 11.8 Å². The Balaban J connectivity index is 2.05. The molecular formula is C20H22ClNO2S. The maximum Gasteiger partial charge on any atom is 0.320 e. The predicted octanol–water partition coefficient (Wildman–Crippen LogP) is 5.09. The molecule has 1 N–H and O–H groups in total. The molecular weight excluding hydrogens is 354 g/mol. The summed E-state index contributed by atoms with van der Waals surface area (Å²) in [6, 6.07) is 15.6. The second-order valence-corrected chi connectivity index (χ2v) is 7.63. The Labute approximate surface area is 158 Å². The molecule has 3 rings (SSSR count). The molecule has 2 aromatic rings. The Morgan fingerprint density at radius 1 is 1.20 bits per heavy atom. The zero-order valence-corrected chi connectivity index (χ0v) is 15.8. The van der Waals surface area contributed by atoms with E-state index in [4.69, 9.17) is 11.6 Å². The Morgan fingerprint density at radius 3 is 2.60 bits per heavy atom. The summed E-state index contributed by atoms with van der Waals surface area (Å²) in [4.78, 5) is 15.1. The first-order valence-corrected chi connectivity index (χ1v) is 10.1. The van der Waals surface area contributed by atoms with Crippen molar-refractivity contribution in [2.24, 2.45) is 0 Å². The number of aliphatic carboxylic acids is 1. The first-order valence-electron chi connectivity index (χ1n) is 8.48.